The van der Waals surface area contributed by atoms with Crippen LogP contribution in [0.4, 0.5) is 13.2 Å². The molecule has 1 heterocycles. The Labute approximate surface area is 137 Å². The highest BCUT2D eigenvalue weighted by atomic mass is 19.4. The standard InChI is InChI=1S/C15H19F3N4O2/c1-8(9-3-5-10(6-4-9)15(16,17)18)20-13(24)11-7-12(23)22-14(19-2)21-11/h3-6,8,11,14,19,21H,7H2,1-2H3,(H,20,24)(H,22,23)/t8-,11?,14?/m1/s1. The zero-order chi connectivity index (χ0) is 17.9. The summed E-state index contributed by atoms with van der Waals surface area (Å²) in [6.07, 6.45) is -4.92. The van der Waals surface area contributed by atoms with Crippen molar-refractivity contribution in [2.75, 3.05) is 7.05 Å². The van der Waals surface area contributed by atoms with Gasteiger partial charge in [-0.1, -0.05) is 12.1 Å². The van der Waals surface area contributed by atoms with Crippen LogP contribution in [0.15, 0.2) is 24.3 Å². The number of amides is 2. The van der Waals surface area contributed by atoms with Gasteiger partial charge in [-0.3, -0.25) is 20.2 Å². The molecule has 1 aliphatic rings. The second-order valence-electron chi connectivity index (χ2n) is 5.56. The number of hydrogen-bond acceptors (Lipinski definition) is 4. The number of nitrogens with one attached hydrogen (secondary N) is 4. The van der Waals surface area contributed by atoms with Gasteiger partial charge in [-0.2, -0.15) is 13.2 Å². The van der Waals surface area contributed by atoms with E-state index in [1.165, 1.54) is 12.1 Å². The predicted molar refractivity (Wildman–Crippen MR) is 80.5 cm³/mol. The number of benzene rings is 1. The van der Waals surface area contributed by atoms with E-state index < -0.39 is 36.0 Å². The summed E-state index contributed by atoms with van der Waals surface area (Å²) < 4.78 is 37.7. The maximum atomic E-state index is 12.6. The molecule has 1 aliphatic heterocycles. The minimum absolute atomic E-state index is 0.0102. The average molecular weight is 344 g/mol. The molecular weight excluding hydrogens is 325 g/mol. The molecule has 1 saturated heterocycles. The summed E-state index contributed by atoms with van der Waals surface area (Å²) in [5.41, 5.74) is -0.200. The first-order valence-electron chi connectivity index (χ1n) is 7.41. The van der Waals surface area contributed by atoms with Crippen molar-refractivity contribution >= 4 is 11.8 Å². The van der Waals surface area contributed by atoms with Gasteiger partial charge in [0.15, 0.2) is 0 Å². The summed E-state index contributed by atoms with van der Waals surface area (Å²) in [5.74, 6) is -0.659. The van der Waals surface area contributed by atoms with E-state index in [4.69, 9.17) is 0 Å². The van der Waals surface area contributed by atoms with Crippen molar-refractivity contribution in [2.45, 2.75) is 37.9 Å². The van der Waals surface area contributed by atoms with Crippen molar-refractivity contribution < 1.29 is 22.8 Å². The maximum Gasteiger partial charge on any atom is 0.416 e. The first kappa shape index (κ1) is 18.2. The van der Waals surface area contributed by atoms with E-state index in [9.17, 15) is 22.8 Å². The number of alkyl halides is 3. The Morgan fingerprint density at radius 3 is 2.46 bits per heavy atom. The fraction of sp³-hybridized carbons (Fsp3) is 0.467. The SMILES string of the molecule is CNC1NC(=O)CC(C(=O)N[C@H](C)c2ccc(C(F)(F)F)cc2)N1. The lowest BCUT2D eigenvalue weighted by Gasteiger charge is -2.31. The number of rotatable bonds is 4. The largest absolute Gasteiger partial charge is 0.416 e. The van der Waals surface area contributed by atoms with Gasteiger partial charge in [-0.25, -0.2) is 0 Å². The maximum absolute atomic E-state index is 12.6. The number of hydrogen-bond donors (Lipinski definition) is 4. The average Bonchev–Trinajstić information content (AvgIpc) is 2.53. The molecule has 1 fully saturated rings. The second-order valence-corrected chi connectivity index (χ2v) is 5.56. The normalized spacial score (nSPS) is 22.6. The van der Waals surface area contributed by atoms with Crippen LogP contribution in [0.25, 0.3) is 0 Å². The van der Waals surface area contributed by atoms with Crippen LogP contribution in [0.5, 0.6) is 0 Å². The zero-order valence-corrected chi connectivity index (χ0v) is 13.2. The number of halogens is 3. The van der Waals surface area contributed by atoms with Crippen LogP contribution < -0.4 is 21.3 Å². The van der Waals surface area contributed by atoms with Gasteiger partial charge in [0, 0.05) is 0 Å². The summed E-state index contributed by atoms with van der Waals surface area (Å²) in [7, 11) is 1.63. The molecule has 0 aromatic heterocycles. The molecule has 1 aromatic rings. The molecule has 24 heavy (non-hydrogen) atoms. The van der Waals surface area contributed by atoms with Crippen LogP contribution in [0, 0.1) is 0 Å². The molecule has 2 unspecified atom stereocenters. The monoisotopic (exact) mass is 344 g/mol. The summed E-state index contributed by atoms with van der Waals surface area (Å²) >= 11 is 0. The van der Waals surface area contributed by atoms with Crippen molar-refractivity contribution in [1.29, 1.82) is 0 Å². The first-order valence-corrected chi connectivity index (χ1v) is 7.41. The molecule has 6 nitrogen and oxygen atoms in total. The summed E-state index contributed by atoms with van der Waals surface area (Å²) in [4.78, 5) is 23.8. The molecule has 0 aliphatic carbocycles. The third-order valence-electron chi connectivity index (χ3n) is 3.76. The zero-order valence-electron chi connectivity index (χ0n) is 13.2. The van der Waals surface area contributed by atoms with E-state index in [2.05, 4.69) is 21.3 Å². The highest BCUT2D eigenvalue weighted by Gasteiger charge is 2.32. The fourth-order valence-corrected chi connectivity index (χ4v) is 2.39. The first-order chi connectivity index (χ1) is 11.2. The van der Waals surface area contributed by atoms with Gasteiger partial charge >= 0.3 is 6.18 Å². The van der Waals surface area contributed by atoms with Crippen molar-refractivity contribution in [3.63, 3.8) is 0 Å². The Hall–Kier alpha value is -2.13. The van der Waals surface area contributed by atoms with Gasteiger partial charge < -0.3 is 10.6 Å². The highest BCUT2D eigenvalue weighted by molar-refractivity contribution is 5.89. The van der Waals surface area contributed by atoms with Crippen molar-refractivity contribution in [3.05, 3.63) is 35.4 Å². The molecule has 2 rings (SSSR count). The molecule has 0 bridgehead atoms. The summed E-state index contributed by atoms with van der Waals surface area (Å²) in [5, 5.41) is 11.0. The van der Waals surface area contributed by atoms with Gasteiger partial charge in [0.1, 0.15) is 6.29 Å². The quantitative estimate of drug-likeness (QED) is 0.653. The molecule has 4 N–H and O–H groups in total. The Balaban J connectivity index is 1.99. The molecule has 2 amide bonds. The van der Waals surface area contributed by atoms with Crippen molar-refractivity contribution in [2.24, 2.45) is 0 Å². The van der Waals surface area contributed by atoms with Gasteiger partial charge in [-0.05, 0) is 31.7 Å². The molecule has 132 valence electrons. The van der Waals surface area contributed by atoms with E-state index in [0.717, 1.165) is 12.1 Å². The molecular formula is C15H19F3N4O2. The van der Waals surface area contributed by atoms with Gasteiger partial charge in [-0.15, -0.1) is 0 Å². The number of carbonyl (C=O) groups is 2. The third kappa shape index (κ3) is 4.45. The van der Waals surface area contributed by atoms with Crippen LogP contribution in [-0.2, 0) is 15.8 Å². The van der Waals surface area contributed by atoms with Crippen LogP contribution in [0.2, 0.25) is 0 Å². The van der Waals surface area contributed by atoms with E-state index in [-0.39, 0.29) is 12.3 Å². The Morgan fingerprint density at radius 2 is 1.92 bits per heavy atom. The molecule has 0 radical (unpaired) electrons. The number of carbonyl (C=O) groups excluding carboxylic acids is 2. The second kappa shape index (κ2) is 7.18. The minimum atomic E-state index is -4.40. The predicted octanol–water partition coefficient (Wildman–Crippen LogP) is 0.864. The fourth-order valence-electron chi connectivity index (χ4n) is 2.39. The van der Waals surface area contributed by atoms with Crippen molar-refractivity contribution in [3.8, 4) is 0 Å². The minimum Gasteiger partial charge on any atom is -0.348 e. The lowest BCUT2D eigenvalue weighted by atomic mass is 10.0. The highest BCUT2D eigenvalue weighted by Crippen LogP contribution is 2.29. The van der Waals surface area contributed by atoms with Gasteiger partial charge in [0.2, 0.25) is 11.8 Å². The van der Waals surface area contributed by atoms with Crippen molar-refractivity contribution in [1.82, 2.24) is 21.3 Å². The molecule has 0 spiro atoms. The Bertz CT molecular complexity index is 604. The van der Waals surface area contributed by atoms with E-state index in [0.29, 0.717) is 5.56 Å². The van der Waals surface area contributed by atoms with Gasteiger partial charge in [0.25, 0.3) is 0 Å². The van der Waals surface area contributed by atoms with E-state index >= 15 is 0 Å². The summed E-state index contributed by atoms with van der Waals surface area (Å²) in [6.45, 7) is 1.67. The third-order valence-corrected chi connectivity index (χ3v) is 3.76. The van der Waals surface area contributed by atoms with Crippen LogP contribution in [0.1, 0.15) is 30.5 Å². The van der Waals surface area contributed by atoms with E-state index in [1.54, 1.807) is 14.0 Å². The smallest absolute Gasteiger partial charge is 0.348 e. The molecule has 1 aromatic carbocycles. The summed E-state index contributed by atoms with van der Waals surface area (Å²) in [6, 6.07) is 3.40. The molecule has 0 saturated carbocycles. The van der Waals surface area contributed by atoms with Crippen LogP contribution in [-0.4, -0.2) is 31.2 Å². The Kier molecular flexibility index (Phi) is 5.45. The topological polar surface area (TPSA) is 82.3 Å². The van der Waals surface area contributed by atoms with E-state index in [1.807, 2.05) is 0 Å². The Morgan fingerprint density at radius 1 is 1.29 bits per heavy atom. The van der Waals surface area contributed by atoms with Gasteiger partial charge in [0.05, 0.1) is 24.1 Å². The lowest BCUT2D eigenvalue weighted by Crippen LogP contribution is -2.65. The molecule has 3 atom stereocenters. The molecule has 9 heteroatoms. The van der Waals surface area contributed by atoms with Crippen LogP contribution >= 0.6 is 0 Å². The van der Waals surface area contributed by atoms with Crippen LogP contribution in [0.3, 0.4) is 0 Å². The lowest BCUT2D eigenvalue weighted by molar-refractivity contribution is -0.137.